The topological polar surface area (TPSA) is 29.5 Å². The summed E-state index contributed by atoms with van der Waals surface area (Å²) in [5.74, 6) is 6.45. The molecule has 0 amide bonds. The van der Waals surface area contributed by atoms with Crippen LogP contribution >= 0.6 is 11.3 Å². The second-order valence-corrected chi connectivity index (χ2v) is 5.93. The highest BCUT2D eigenvalue weighted by molar-refractivity contribution is 7.12. The van der Waals surface area contributed by atoms with Crippen LogP contribution in [0.5, 0.6) is 5.75 Å². The number of hydrogen-bond acceptors (Lipinski definition) is 3. The van der Waals surface area contributed by atoms with E-state index in [0.717, 1.165) is 21.9 Å². The maximum absolute atomic E-state index is 8.67. The number of hydrogen-bond donors (Lipinski definition) is 1. The molecule has 0 spiro atoms. The van der Waals surface area contributed by atoms with Crippen LogP contribution in [0, 0.1) is 11.8 Å². The lowest BCUT2D eigenvalue weighted by atomic mass is 10.1. The van der Waals surface area contributed by atoms with Gasteiger partial charge in [-0.25, -0.2) is 0 Å². The molecule has 0 unspecified atom stereocenters. The average molecular weight is 300 g/mol. The summed E-state index contributed by atoms with van der Waals surface area (Å²) >= 11 is 1.60. The molecule has 2 aromatic rings. The minimum absolute atomic E-state index is 0.103. The molecule has 2 rings (SSSR count). The van der Waals surface area contributed by atoms with Crippen LogP contribution in [0.15, 0.2) is 36.4 Å². The zero-order chi connectivity index (χ0) is 14.9. The smallest absolute Gasteiger partial charge is 0.122 e. The van der Waals surface area contributed by atoms with E-state index in [1.54, 1.807) is 11.3 Å². The molecular weight excluding hydrogens is 280 g/mol. The van der Waals surface area contributed by atoms with Crippen molar-refractivity contribution in [2.24, 2.45) is 0 Å². The first-order chi connectivity index (χ1) is 10.3. The fourth-order valence-corrected chi connectivity index (χ4v) is 2.73. The molecule has 1 heterocycles. The number of thiophene rings is 1. The summed E-state index contributed by atoms with van der Waals surface area (Å²) in [5.41, 5.74) is 1.36. The highest BCUT2D eigenvalue weighted by Crippen LogP contribution is 2.19. The van der Waals surface area contributed by atoms with E-state index in [9.17, 15) is 0 Å². The standard InChI is InChI=1S/C18H20O2S/c1-2-3-5-15-7-9-16(10-8-15)20-14-18-12-11-17(21-18)6-4-13-19/h7-12,19H,2-3,5,13-14H2,1H3. The van der Waals surface area contributed by atoms with Gasteiger partial charge >= 0.3 is 0 Å². The van der Waals surface area contributed by atoms with Gasteiger partial charge in [-0.05, 0) is 42.7 Å². The number of rotatable bonds is 6. The summed E-state index contributed by atoms with van der Waals surface area (Å²) in [6, 6.07) is 12.3. The van der Waals surface area contributed by atoms with Crippen molar-refractivity contribution in [2.45, 2.75) is 32.8 Å². The van der Waals surface area contributed by atoms with Gasteiger partial charge in [-0.2, -0.15) is 0 Å². The van der Waals surface area contributed by atoms with Gasteiger partial charge in [-0.1, -0.05) is 37.3 Å². The van der Waals surface area contributed by atoms with E-state index in [1.807, 2.05) is 24.3 Å². The molecule has 1 aromatic carbocycles. The van der Waals surface area contributed by atoms with Crippen LogP contribution in [0.1, 0.15) is 35.1 Å². The van der Waals surface area contributed by atoms with Crippen LogP contribution < -0.4 is 4.74 Å². The normalized spacial score (nSPS) is 10.0. The summed E-state index contributed by atoms with van der Waals surface area (Å²) in [5, 5.41) is 8.67. The fraction of sp³-hybridized carbons (Fsp3) is 0.333. The predicted octanol–water partition coefficient (Wildman–Crippen LogP) is 4.01. The van der Waals surface area contributed by atoms with Crippen molar-refractivity contribution >= 4 is 11.3 Å². The second kappa shape index (κ2) is 8.51. The molecule has 21 heavy (non-hydrogen) atoms. The number of aliphatic hydroxyl groups is 1. The Balaban J connectivity index is 1.86. The Morgan fingerprint density at radius 1 is 1.14 bits per heavy atom. The molecule has 0 radical (unpaired) electrons. The Labute approximate surface area is 130 Å². The van der Waals surface area contributed by atoms with Gasteiger partial charge in [0.15, 0.2) is 0 Å². The molecule has 0 bridgehead atoms. The van der Waals surface area contributed by atoms with E-state index in [2.05, 4.69) is 30.9 Å². The molecule has 0 aliphatic heterocycles. The quantitative estimate of drug-likeness (QED) is 0.817. The van der Waals surface area contributed by atoms with Gasteiger partial charge in [0.05, 0.1) is 4.88 Å². The minimum Gasteiger partial charge on any atom is -0.488 e. The Bertz CT molecular complexity index is 602. The van der Waals surface area contributed by atoms with Gasteiger partial charge < -0.3 is 9.84 Å². The molecule has 2 nitrogen and oxygen atoms in total. The van der Waals surface area contributed by atoms with Gasteiger partial charge in [0, 0.05) is 4.88 Å². The third kappa shape index (κ3) is 5.26. The molecule has 0 aliphatic carbocycles. The van der Waals surface area contributed by atoms with Crippen LogP contribution in [0.4, 0.5) is 0 Å². The van der Waals surface area contributed by atoms with Gasteiger partial charge in [0.1, 0.15) is 19.0 Å². The molecule has 3 heteroatoms. The molecule has 1 aromatic heterocycles. The van der Waals surface area contributed by atoms with E-state index in [4.69, 9.17) is 9.84 Å². The van der Waals surface area contributed by atoms with Gasteiger partial charge in [-0.15, -0.1) is 11.3 Å². The fourth-order valence-electron chi connectivity index (χ4n) is 1.94. The Hall–Kier alpha value is -1.76. The van der Waals surface area contributed by atoms with Gasteiger partial charge in [0.25, 0.3) is 0 Å². The highest BCUT2D eigenvalue weighted by atomic mass is 32.1. The SMILES string of the molecule is CCCCc1ccc(OCc2ccc(C#CCO)s2)cc1. The summed E-state index contributed by atoms with van der Waals surface area (Å²) in [6.45, 7) is 2.66. The molecule has 0 fully saturated rings. The van der Waals surface area contributed by atoms with Crippen LogP contribution in [0.3, 0.4) is 0 Å². The Morgan fingerprint density at radius 2 is 1.95 bits per heavy atom. The lowest BCUT2D eigenvalue weighted by Gasteiger charge is -2.06. The average Bonchev–Trinajstić information content (AvgIpc) is 2.98. The van der Waals surface area contributed by atoms with Crippen molar-refractivity contribution in [3.63, 3.8) is 0 Å². The molecule has 0 aliphatic rings. The van der Waals surface area contributed by atoms with Gasteiger partial charge in [-0.3, -0.25) is 0 Å². The number of aryl methyl sites for hydroxylation is 1. The Kier molecular flexibility index (Phi) is 6.33. The first-order valence-corrected chi connectivity index (χ1v) is 8.03. The summed E-state index contributed by atoms with van der Waals surface area (Å²) in [7, 11) is 0. The second-order valence-electron chi connectivity index (χ2n) is 4.76. The number of ether oxygens (including phenoxy) is 1. The highest BCUT2D eigenvalue weighted by Gasteiger charge is 2.00. The lowest BCUT2D eigenvalue weighted by Crippen LogP contribution is -1.93. The largest absolute Gasteiger partial charge is 0.488 e. The zero-order valence-corrected chi connectivity index (χ0v) is 13.1. The Morgan fingerprint density at radius 3 is 2.67 bits per heavy atom. The van der Waals surface area contributed by atoms with Gasteiger partial charge in [0.2, 0.25) is 0 Å². The first-order valence-electron chi connectivity index (χ1n) is 7.22. The number of aliphatic hydroxyl groups excluding tert-OH is 1. The van der Waals surface area contributed by atoms with Crippen LogP contribution in [0.2, 0.25) is 0 Å². The van der Waals surface area contributed by atoms with Crippen molar-refractivity contribution in [3.05, 3.63) is 51.7 Å². The summed E-state index contributed by atoms with van der Waals surface area (Å²) < 4.78 is 5.78. The molecule has 0 atom stereocenters. The molecule has 0 saturated carbocycles. The maximum atomic E-state index is 8.67. The van der Waals surface area contributed by atoms with E-state index >= 15 is 0 Å². The van der Waals surface area contributed by atoms with Crippen LogP contribution in [-0.4, -0.2) is 11.7 Å². The summed E-state index contributed by atoms with van der Waals surface area (Å²) in [6.07, 6.45) is 3.58. The van der Waals surface area contributed by atoms with E-state index in [0.29, 0.717) is 6.61 Å². The van der Waals surface area contributed by atoms with Crippen molar-refractivity contribution in [2.75, 3.05) is 6.61 Å². The lowest BCUT2D eigenvalue weighted by molar-refractivity contribution is 0.309. The van der Waals surface area contributed by atoms with Crippen molar-refractivity contribution in [3.8, 4) is 17.6 Å². The minimum atomic E-state index is -0.103. The third-order valence-corrected chi connectivity index (χ3v) is 4.05. The van der Waals surface area contributed by atoms with Crippen molar-refractivity contribution in [1.29, 1.82) is 0 Å². The van der Waals surface area contributed by atoms with Crippen molar-refractivity contribution < 1.29 is 9.84 Å². The van der Waals surface area contributed by atoms with E-state index in [1.165, 1.54) is 18.4 Å². The summed E-state index contributed by atoms with van der Waals surface area (Å²) in [4.78, 5) is 2.09. The molecule has 110 valence electrons. The number of unbranched alkanes of at least 4 members (excludes halogenated alkanes) is 1. The first kappa shape index (κ1) is 15.6. The maximum Gasteiger partial charge on any atom is 0.122 e. The van der Waals surface area contributed by atoms with E-state index in [-0.39, 0.29) is 6.61 Å². The molecule has 1 N–H and O–H groups in total. The zero-order valence-electron chi connectivity index (χ0n) is 12.3. The van der Waals surface area contributed by atoms with Crippen LogP contribution in [-0.2, 0) is 13.0 Å². The van der Waals surface area contributed by atoms with Crippen molar-refractivity contribution in [1.82, 2.24) is 0 Å². The predicted molar refractivity (Wildman–Crippen MR) is 87.7 cm³/mol. The van der Waals surface area contributed by atoms with E-state index < -0.39 is 0 Å². The number of benzene rings is 1. The van der Waals surface area contributed by atoms with Crippen LogP contribution in [0.25, 0.3) is 0 Å². The molecule has 0 saturated heterocycles. The monoisotopic (exact) mass is 300 g/mol. The third-order valence-electron chi connectivity index (χ3n) is 3.08. The molecular formula is C18H20O2S.